The Hall–Kier alpha value is 1.13. The largest absolute Gasteiger partial charge is 0.133 e. The maximum absolute atomic E-state index is 4.20. The third kappa shape index (κ3) is 3.56. The van der Waals surface area contributed by atoms with Crippen LogP contribution in [0.4, 0.5) is 0 Å². The first-order chi connectivity index (χ1) is 7.79. The lowest BCUT2D eigenvalue weighted by Gasteiger charge is -2.34. The van der Waals surface area contributed by atoms with Gasteiger partial charge in [0.15, 0.2) is 0 Å². The molecule has 0 unspecified atom stereocenters. The van der Waals surface area contributed by atoms with Crippen LogP contribution in [0.1, 0.15) is 64.2 Å². The Bertz CT molecular complexity index is 178. The minimum Gasteiger partial charge on any atom is -0.133 e. The van der Waals surface area contributed by atoms with E-state index in [1.165, 1.54) is 64.2 Å². The van der Waals surface area contributed by atoms with E-state index in [1.54, 1.807) is 0 Å². The van der Waals surface area contributed by atoms with Gasteiger partial charge in [0.1, 0.15) is 6.93 Å². The van der Waals surface area contributed by atoms with Crippen molar-refractivity contribution in [2.75, 3.05) is 0 Å². The standard InChI is InChI=1S/C12H22BrSi3/c13-15(11-7-3-1-4-8-11)16(14)12-9-5-2-6-10-12/h11-12H,1-10H2. The molecule has 2 saturated carbocycles. The van der Waals surface area contributed by atoms with Crippen LogP contribution in [0.25, 0.3) is 0 Å². The first-order valence-corrected chi connectivity index (χ1v) is 14.8. The fraction of sp³-hybridized carbons (Fsp3) is 1.00. The average molecular weight is 330 g/mol. The van der Waals surface area contributed by atoms with Crippen LogP contribution < -0.4 is 0 Å². The van der Waals surface area contributed by atoms with Crippen LogP contribution >= 0.6 is 15.3 Å². The highest BCUT2D eigenvalue weighted by molar-refractivity contribution is 9.26. The molecule has 0 N–H and O–H groups in total. The predicted molar refractivity (Wildman–Crippen MR) is 79.9 cm³/mol. The van der Waals surface area contributed by atoms with E-state index in [0.717, 1.165) is 11.1 Å². The van der Waals surface area contributed by atoms with Gasteiger partial charge in [0.05, 0.1) is 0 Å². The first kappa shape index (κ1) is 13.6. The van der Waals surface area contributed by atoms with E-state index in [9.17, 15) is 0 Å². The zero-order chi connectivity index (χ0) is 11.4. The van der Waals surface area contributed by atoms with Gasteiger partial charge in [-0.05, 0) is 5.54 Å². The molecule has 2 aliphatic carbocycles. The average Bonchev–Trinajstić information content (AvgIpc) is 2.39. The molecule has 0 aromatic carbocycles. The molecule has 0 atom stereocenters. The quantitative estimate of drug-likeness (QED) is 0.535. The highest BCUT2D eigenvalue weighted by atomic mass is 79.9. The Morgan fingerprint density at radius 3 is 1.69 bits per heavy atom. The number of hydrogen-bond donors (Lipinski definition) is 0. The summed E-state index contributed by atoms with van der Waals surface area (Å²) in [4.78, 5) is 0. The Morgan fingerprint density at radius 1 is 0.750 bits per heavy atom. The van der Waals surface area contributed by atoms with Crippen molar-refractivity contribution >= 4 is 39.8 Å². The molecule has 16 heavy (non-hydrogen) atoms. The Labute approximate surface area is 115 Å². The second-order valence-electron chi connectivity index (χ2n) is 5.43. The number of halogens is 1. The van der Waals surface area contributed by atoms with Crippen molar-refractivity contribution in [1.29, 1.82) is 0 Å². The summed E-state index contributed by atoms with van der Waals surface area (Å²) in [6.45, 7) is -0.239. The summed E-state index contributed by atoms with van der Waals surface area (Å²) >= 11 is 4.14. The van der Waals surface area contributed by atoms with Crippen molar-refractivity contribution in [3.05, 3.63) is 0 Å². The Kier molecular flexibility index (Phi) is 5.85. The van der Waals surface area contributed by atoms with E-state index in [0.29, 0.717) is 0 Å². The van der Waals surface area contributed by atoms with Gasteiger partial charge >= 0.3 is 0 Å². The van der Waals surface area contributed by atoms with Crippen LogP contribution in [0.2, 0.25) is 11.1 Å². The second-order valence-corrected chi connectivity index (χ2v) is 19.7. The van der Waals surface area contributed by atoms with E-state index in [-0.39, 0.29) is 14.8 Å². The molecule has 2 aliphatic rings. The van der Waals surface area contributed by atoms with Crippen LogP contribution in [0.5, 0.6) is 0 Å². The molecular formula is C12H22BrSi3. The predicted octanol–water partition coefficient (Wildman–Crippen LogP) is 4.28. The van der Waals surface area contributed by atoms with Gasteiger partial charge in [0.25, 0.3) is 0 Å². The second kappa shape index (κ2) is 6.90. The van der Waals surface area contributed by atoms with Gasteiger partial charge in [-0.1, -0.05) is 69.7 Å². The zero-order valence-electron chi connectivity index (χ0n) is 10.1. The molecule has 89 valence electrons. The highest BCUT2D eigenvalue weighted by Gasteiger charge is 2.33. The molecule has 0 heterocycles. The van der Waals surface area contributed by atoms with Crippen molar-refractivity contribution in [3.63, 3.8) is 0 Å². The zero-order valence-corrected chi connectivity index (χ0v) is 14.7. The molecule has 2 fully saturated rings. The fourth-order valence-electron chi connectivity index (χ4n) is 3.16. The molecule has 0 spiro atoms. The third-order valence-electron chi connectivity index (χ3n) is 4.23. The molecule has 0 nitrogen and oxygen atoms in total. The summed E-state index contributed by atoms with van der Waals surface area (Å²) in [5.41, 5.74) is 2.15. The van der Waals surface area contributed by atoms with Crippen LogP contribution in [0, 0.1) is 0 Å². The normalized spacial score (nSPS) is 25.5. The van der Waals surface area contributed by atoms with Crippen LogP contribution in [-0.4, -0.2) is 24.5 Å². The van der Waals surface area contributed by atoms with E-state index >= 15 is 0 Å². The SMILES string of the molecule is [Si][Si](C1CCCCC1)[Si](Br)C1CCCCC1. The minimum atomic E-state index is -0.243. The maximum Gasteiger partial charge on any atom is 0.122 e. The van der Waals surface area contributed by atoms with Crippen molar-refractivity contribution in [2.24, 2.45) is 0 Å². The topological polar surface area (TPSA) is 0 Å². The van der Waals surface area contributed by atoms with E-state index in [1.807, 2.05) is 0 Å². The van der Waals surface area contributed by atoms with Gasteiger partial charge in [-0.3, -0.25) is 0 Å². The summed E-state index contributed by atoms with van der Waals surface area (Å²) in [7, 11) is 3.95. The summed E-state index contributed by atoms with van der Waals surface area (Å²) < 4.78 is 0. The summed E-state index contributed by atoms with van der Waals surface area (Å²) in [6.07, 6.45) is 15.0. The lowest BCUT2D eigenvalue weighted by atomic mass is 10.0. The van der Waals surface area contributed by atoms with Crippen LogP contribution in [0.3, 0.4) is 0 Å². The van der Waals surface area contributed by atoms with Gasteiger partial charge in [0, 0.05) is 17.6 Å². The number of rotatable bonds is 3. The smallest absolute Gasteiger partial charge is 0.122 e. The molecule has 0 aromatic rings. The molecule has 5 radical (unpaired) electrons. The maximum atomic E-state index is 4.20. The van der Waals surface area contributed by atoms with Gasteiger partial charge < -0.3 is 0 Å². The summed E-state index contributed by atoms with van der Waals surface area (Å²) in [6, 6.07) is 0. The molecular weight excluding hydrogens is 308 g/mol. The Morgan fingerprint density at radius 2 is 1.19 bits per heavy atom. The summed E-state index contributed by atoms with van der Waals surface area (Å²) in [5.74, 6) is 0. The Balaban J connectivity index is 1.84. The van der Waals surface area contributed by atoms with Gasteiger partial charge in [0.2, 0.25) is 0 Å². The molecule has 0 saturated heterocycles. The first-order valence-electron chi connectivity index (χ1n) is 6.90. The molecule has 0 aromatic heterocycles. The van der Waals surface area contributed by atoms with Crippen LogP contribution in [0.15, 0.2) is 0 Å². The monoisotopic (exact) mass is 329 g/mol. The molecule has 0 amide bonds. The van der Waals surface area contributed by atoms with Gasteiger partial charge in [-0.25, -0.2) is 0 Å². The van der Waals surface area contributed by atoms with Crippen molar-refractivity contribution in [1.82, 2.24) is 0 Å². The van der Waals surface area contributed by atoms with Gasteiger partial charge in [-0.2, -0.15) is 0 Å². The number of hydrogen-bond acceptors (Lipinski definition) is 0. The van der Waals surface area contributed by atoms with E-state index in [4.69, 9.17) is 0 Å². The van der Waals surface area contributed by atoms with E-state index in [2.05, 4.69) is 25.1 Å². The molecule has 2 rings (SSSR count). The third-order valence-corrected chi connectivity index (χ3v) is 24.2. The highest BCUT2D eigenvalue weighted by Crippen LogP contribution is 2.39. The molecule has 0 aliphatic heterocycles. The van der Waals surface area contributed by atoms with Crippen molar-refractivity contribution in [2.45, 2.75) is 75.3 Å². The lowest BCUT2D eigenvalue weighted by Crippen LogP contribution is -2.40. The minimum absolute atomic E-state index is 0.239. The molecule has 0 bridgehead atoms. The van der Waals surface area contributed by atoms with Gasteiger partial charge in [-0.15, -0.1) is 15.3 Å². The lowest BCUT2D eigenvalue weighted by molar-refractivity contribution is 0.495. The molecule has 4 heteroatoms. The van der Waals surface area contributed by atoms with Crippen molar-refractivity contribution < 1.29 is 0 Å². The van der Waals surface area contributed by atoms with E-state index < -0.39 is 0 Å². The summed E-state index contributed by atoms with van der Waals surface area (Å²) in [5, 5.41) is 0. The van der Waals surface area contributed by atoms with Crippen molar-refractivity contribution in [3.8, 4) is 0 Å². The van der Waals surface area contributed by atoms with Crippen LogP contribution in [-0.2, 0) is 0 Å². The fourth-order valence-corrected chi connectivity index (χ4v) is 17.1.